The molecule has 12 heavy (non-hydrogen) atoms. The molecule has 5 nitrogen and oxygen atoms in total. The van der Waals surface area contributed by atoms with E-state index in [2.05, 4.69) is 9.97 Å². The molecule has 0 bridgehead atoms. The number of hydrogen-bond acceptors (Lipinski definition) is 3. The number of nitrogens with zero attached hydrogens (tertiary/aromatic N) is 1. The Hall–Kier alpha value is -1.36. The van der Waals surface area contributed by atoms with Crippen LogP contribution in [0.3, 0.4) is 0 Å². The second-order valence-electron chi connectivity index (χ2n) is 2.62. The third-order valence-corrected chi connectivity index (χ3v) is 1.64. The molecule has 0 radical (unpaired) electrons. The van der Waals surface area contributed by atoms with Gasteiger partial charge >= 0.3 is 0 Å². The SMILES string of the molecule is NC(=O)C(N)CCc1cnc[nH]1. The summed E-state index contributed by atoms with van der Waals surface area (Å²) in [4.78, 5) is 17.3. The van der Waals surface area contributed by atoms with Crippen LogP contribution in [-0.2, 0) is 11.2 Å². The van der Waals surface area contributed by atoms with Gasteiger partial charge < -0.3 is 16.5 Å². The summed E-state index contributed by atoms with van der Waals surface area (Å²) in [7, 11) is 0. The predicted molar refractivity (Wildman–Crippen MR) is 44.1 cm³/mol. The second kappa shape index (κ2) is 3.87. The molecular weight excluding hydrogens is 156 g/mol. The molecular formula is C7H12N4O. The van der Waals surface area contributed by atoms with Crippen molar-refractivity contribution < 1.29 is 4.79 Å². The highest BCUT2D eigenvalue weighted by atomic mass is 16.1. The number of aromatic amines is 1. The minimum Gasteiger partial charge on any atom is -0.368 e. The van der Waals surface area contributed by atoms with Crippen LogP contribution in [0.2, 0.25) is 0 Å². The van der Waals surface area contributed by atoms with E-state index < -0.39 is 11.9 Å². The van der Waals surface area contributed by atoms with E-state index in [1.807, 2.05) is 0 Å². The minimum absolute atomic E-state index is 0.463. The normalized spacial score (nSPS) is 12.8. The first-order valence-corrected chi connectivity index (χ1v) is 3.72. The lowest BCUT2D eigenvalue weighted by atomic mass is 10.1. The van der Waals surface area contributed by atoms with Crippen LogP contribution in [-0.4, -0.2) is 21.9 Å². The highest BCUT2D eigenvalue weighted by molar-refractivity contribution is 5.79. The number of amides is 1. The fourth-order valence-corrected chi connectivity index (χ4v) is 0.875. The monoisotopic (exact) mass is 168 g/mol. The van der Waals surface area contributed by atoms with E-state index in [-0.39, 0.29) is 0 Å². The van der Waals surface area contributed by atoms with Crippen LogP contribution in [0.4, 0.5) is 0 Å². The molecule has 0 aliphatic rings. The maximum atomic E-state index is 10.5. The van der Waals surface area contributed by atoms with E-state index >= 15 is 0 Å². The molecule has 0 saturated carbocycles. The molecule has 0 fully saturated rings. The number of rotatable bonds is 4. The number of nitrogens with one attached hydrogen (secondary N) is 1. The predicted octanol–water partition coefficient (Wildman–Crippen LogP) is -0.845. The summed E-state index contributed by atoms with van der Waals surface area (Å²) < 4.78 is 0. The molecule has 1 heterocycles. The Balaban J connectivity index is 2.31. The lowest BCUT2D eigenvalue weighted by molar-refractivity contribution is -0.119. The van der Waals surface area contributed by atoms with Gasteiger partial charge in [0.2, 0.25) is 5.91 Å². The third-order valence-electron chi connectivity index (χ3n) is 1.64. The first-order chi connectivity index (χ1) is 5.70. The minimum atomic E-state index is -0.562. The molecule has 0 aromatic carbocycles. The molecule has 0 aliphatic carbocycles. The Morgan fingerprint density at radius 1 is 1.75 bits per heavy atom. The zero-order valence-electron chi connectivity index (χ0n) is 6.66. The van der Waals surface area contributed by atoms with Crippen molar-refractivity contribution in [1.82, 2.24) is 9.97 Å². The number of imidazole rings is 1. The maximum Gasteiger partial charge on any atom is 0.234 e. The second-order valence-corrected chi connectivity index (χ2v) is 2.62. The third kappa shape index (κ3) is 2.35. The molecule has 1 aromatic rings. The topological polar surface area (TPSA) is 97.8 Å². The first kappa shape index (κ1) is 8.73. The number of H-pyrrole nitrogens is 1. The van der Waals surface area contributed by atoms with Gasteiger partial charge in [-0.25, -0.2) is 4.98 Å². The van der Waals surface area contributed by atoms with E-state index in [1.54, 1.807) is 12.5 Å². The van der Waals surface area contributed by atoms with Crippen molar-refractivity contribution in [1.29, 1.82) is 0 Å². The summed E-state index contributed by atoms with van der Waals surface area (Å²) in [6.07, 6.45) is 4.54. The summed E-state index contributed by atoms with van der Waals surface area (Å²) in [5.41, 5.74) is 11.4. The van der Waals surface area contributed by atoms with Gasteiger partial charge in [-0.2, -0.15) is 0 Å². The molecule has 1 amide bonds. The van der Waals surface area contributed by atoms with Crippen molar-refractivity contribution in [2.45, 2.75) is 18.9 Å². The fourth-order valence-electron chi connectivity index (χ4n) is 0.875. The maximum absolute atomic E-state index is 10.5. The molecule has 1 atom stereocenters. The fraction of sp³-hybridized carbons (Fsp3) is 0.429. The summed E-state index contributed by atoms with van der Waals surface area (Å²) in [6, 6.07) is -0.562. The highest BCUT2D eigenvalue weighted by Crippen LogP contribution is 1.98. The zero-order valence-corrected chi connectivity index (χ0v) is 6.66. The Labute approximate surface area is 70.2 Å². The van der Waals surface area contributed by atoms with Crippen molar-refractivity contribution in [2.75, 3.05) is 0 Å². The molecule has 5 N–H and O–H groups in total. The number of primary amides is 1. The number of aryl methyl sites for hydroxylation is 1. The Bertz CT molecular complexity index is 244. The highest BCUT2D eigenvalue weighted by Gasteiger charge is 2.08. The summed E-state index contributed by atoms with van der Waals surface area (Å²) in [6.45, 7) is 0. The number of hydrogen-bond donors (Lipinski definition) is 3. The van der Waals surface area contributed by atoms with E-state index in [0.29, 0.717) is 12.8 Å². The van der Waals surface area contributed by atoms with Crippen LogP contribution in [0.15, 0.2) is 12.5 Å². The summed E-state index contributed by atoms with van der Waals surface area (Å²) in [5, 5.41) is 0. The van der Waals surface area contributed by atoms with E-state index in [1.165, 1.54) is 0 Å². The number of carbonyl (C=O) groups excluding carboxylic acids is 1. The molecule has 66 valence electrons. The average Bonchev–Trinajstić information content (AvgIpc) is 2.51. The van der Waals surface area contributed by atoms with E-state index in [4.69, 9.17) is 11.5 Å². The van der Waals surface area contributed by atoms with Gasteiger partial charge in [-0.1, -0.05) is 0 Å². The average molecular weight is 168 g/mol. The molecule has 5 heteroatoms. The van der Waals surface area contributed by atoms with Crippen LogP contribution in [0.1, 0.15) is 12.1 Å². The van der Waals surface area contributed by atoms with Gasteiger partial charge in [-0.05, 0) is 12.8 Å². The summed E-state index contributed by atoms with van der Waals surface area (Å²) >= 11 is 0. The van der Waals surface area contributed by atoms with Gasteiger partial charge in [0.1, 0.15) is 0 Å². The number of nitrogens with two attached hydrogens (primary N) is 2. The van der Waals surface area contributed by atoms with Crippen LogP contribution >= 0.6 is 0 Å². The quantitative estimate of drug-likeness (QED) is 0.546. The standard InChI is InChI=1S/C7H12N4O/c8-6(7(9)12)2-1-5-3-10-4-11-5/h3-4,6H,1-2,8H2,(H2,9,12)(H,10,11). The van der Waals surface area contributed by atoms with Crippen molar-refractivity contribution in [3.8, 4) is 0 Å². The van der Waals surface area contributed by atoms with Gasteiger partial charge in [-0.15, -0.1) is 0 Å². The zero-order chi connectivity index (χ0) is 8.97. The van der Waals surface area contributed by atoms with Gasteiger partial charge in [0.05, 0.1) is 12.4 Å². The van der Waals surface area contributed by atoms with Crippen molar-refractivity contribution in [3.05, 3.63) is 18.2 Å². The van der Waals surface area contributed by atoms with Gasteiger partial charge in [0, 0.05) is 11.9 Å². The smallest absolute Gasteiger partial charge is 0.234 e. The molecule has 0 saturated heterocycles. The summed E-state index contributed by atoms with van der Waals surface area (Å²) in [5.74, 6) is -0.463. The van der Waals surface area contributed by atoms with E-state index in [9.17, 15) is 4.79 Å². The molecule has 0 aliphatic heterocycles. The lowest BCUT2D eigenvalue weighted by Crippen LogP contribution is -2.36. The van der Waals surface area contributed by atoms with Crippen LogP contribution in [0, 0.1) is 0 Å². The number of aromatic nitrogens is 2. The molecule has 1 unspecified atom stereocenters. The van der Waals surface area contributed by atoms with Crippen molar-refractivity contribution >= 4 is 5.91 Å². The number of carbonyl (C=O) groups is 1. The van der Waals surface area contributed by atoms with Crippen LogP contribution in [0.5, 0.6) is 0 Å². The van der Waals surface area contributed by atoms with Crippen molar-refractivity contribution in [2.24, 2.45) is 11.5 Å². The van der Waals surface area contributed by atoms with E-state index in [0.717, 1.165) is 5.69 Å². The first-order valence-electron chi connectivity index (χ1n) is 3.72. The largest absolute Gasteiger partial charge is 0.368 e. The van der Waals surface area contributed by atoms with Gasteiger partial charge in [0.25, 0.3) is 0 Å². The van der Waals surface area contributed by atoms with Gasteiger partial charge in [-0.3, -0.25) is 4.79 Å². The molecule has 0 spiro atoms. The lowest BCUT2D eigenvalue weighted by Gasteiger charge is -2.04. The molecule has 1 aromatic heterocycles. The Morgan fingerprint density at radius 2 is 2.50 bits per heavy atom. The van der Waals surface area contributed by atoms with Crippen LogP contribution < -0.4 is 11.5 Å². The van der Waals surface area contributed by atoms with Gasteiger partial charge in [0.15, 0.2) is 0 Å². The van der Waals surface area contributed by atoms with Crippen molar-refractivity contribution in [3.63, 3.8) is 0 Å². The Kier molecular flexibility index (Phi) is 2.82. The molecule has 1 rings (SSSR count). The Morgan fingerprint density at radius 3 is 3.00 bits per heavy atom. The van der Waals surface area contributed by atoms with Crippen LogP contribution in [0.25, 0.3) is 0 Å².